The van der Waals surface area contributed by atoms with Crippen molar-refractivity contribution in [2.75, 3.05) is 0 Å². The number of carbonyl (C=O) groups is 1. The van der Waals surface area contributed by atoms with Crippen molar-refractivity contribution in [3.05, 3.63) is 29.3 Å². The monoisotopic (exact) mass is 206 g/mol. The quantitative estimate of drug-likeness (QED) is 0.750. The van der Waals surface area contributed by atoms with Crippen molar-refractivity contribution < 1.29 is 9.90 Å². The number of phenols is 1. The number of carbonyl (C=O) groups excluding carboxylic acids is 1. The lowest BCUT2D eigenvalue weighted by Gasteiger charge is -2.05. The number of hydrogen-bond acceptors (Lipinski definition) is 2. The lowest BCUT2D eigenvalue weighted by molar-refractivity contribution is 0.0979. The van der Waals surface area contributed by atoms with Gasteiger partial charge in [0.25, 0.3) is 0 Å². The molecule has 2 nitrogen and oxygen atoms in total. The highest BCUT2D eigenvalue weighted by Gasteiger charge is 2.10. The fourth-order valence-electron chi connectivity index (χ4n) is 1.61. The van der Waals surface area contributed by atoms with Crippen molar-refractivity contribution in [1.82, 2.24) is 0 Å². The summed E-state index contributed by atoms with van der Waals surface area (Å²) < 4.78 is 0. The Kier molecular flexibility index (Phi) is 4.35. The summed E-state index contributed by atoms with van der Waals surface area (Å²) >= 11 is 0. The number of aromatic hydroxyl groups is 1. The minimum Gasteiger partial charge on any atom is -0.507 e. The van der Waals surface area contributed by atoms with E-state index in [0.717, 1.165) is 24.8 Å². The molecule has 0 atom stereocenters. The van der Waals surface area contributed by atoms with Crippen LogP contribution < -0.4 is 0 Å². The lowest BCUT2D eigenvalue weighted by Crippen LogP contribution is -2.00. The minimum absolute atomic E-state index is 0.0351. The zero-order chi connectivity index (χ0) is 11.3. The van der Waals surface area contributed by atoms with Gasteiger partial charge in [0.2, 0.25) is 0 Å². The van der Waals surface area contributed by atoms with Crippen LogP contribution in [0.4, 0.5) is 0 Å². The van der Waals surface area contributed by atoms with Crippen molar-refractivity contribution >= 4 is 5.78 Å². The largest absolute Gasteiger partial charge is 0.507 e. The maximum atomic E-state index is 11.7. The molecule has 0 amide bonds. The van der Waals surface area contributed by atoms with E-state index < -0.39 is 0 Å². The fraction of sp³-hybridized carbons (Fsp3) is 0.462. The van der Waals surface area contributed by atoms with Crippen molar-refractivity contribution in [1.29, 1.82) is 0 Å². The normalized spacial score (nSPS) is 10.3. The Morgan fingerprint density at radius 1 is 1.27 bits per heavy atom. The first kappa shape index (κ1) is 11.8. The highest BCUT2D eigenvalue weighted by Crippen LogP contribution is 2.21. The maximum Gasteiger partial charge on any atom is 0.166 e. The third-order valence-corrected chi connectivity index (χ3v) is 2.38. The van der Waals surface area contributed by atoms with E-state index in [2.05, 4.69) is 6.92 Å². The molecule has 15 heavy (non-hydrogen) atoms. The van der Waals surface area contributed by atoms with Gasteiger partial charge in [-0.2, -0.15) is 0 Å². The van der Waals surface area contributed by atoms with Gasteiger partial charge in [-0.15, -0.1) is 0 Å². The molecule has 0 aliphatic carbocycles. The van der Waals surface area contributed by atoms with E-state index in [4.69, 9.17) is 0 Å². The summed E-state index contributed by atoms with van der Waals surface area (Å²) in [6.45, 7) is 4.06. The molecule has 1 rings (SSSR count). The van der Waals surface area contributed by atoms with Crippen LogP contribution in [0.25, 0.3) is 0 Å². The van der Waals surface area contributed by atoms with Gasteiger partial charge in [0.15, 0.2) is 5.78 Å². The smallest absolute Gasteiger partial charge is 0.166 e. The fourth-order valence-corrected chi connectivity index (χ4v) is 1.61. The molecule has 1 aromatic carbocycles. The topological polar surface area (TPSA) is 37.3 Å². The highest BCUT2D eigenvalue weighted by atomic mass is 16.3. The van der Waals surface area contributed by atoms with Gasteiger partial charge in [-0.1, -0.05) is 26.3 Å². The molecular formula is C13H18O2. The second-order valence-electron chi connectivity index (χ2n) is 3.77. The van der Waals surface area contributed by atoms with Crippen molar-refractivity contribution in [3.8, 4) is 5.75 Å². The molecule has 0 radical (unpaired) electrons. The molecule has 0 bridgehead atoms. The van der Waals surface area contributed by atoms with Crippen LogP contribution in [0.2, 0.25) is 0 Å². The molecule has 0 heterocycles. The van der Waals surface area contributed by atoms with Gasteiger partial charge in [0, 0.05) is 6.42 Å². The van der Waals surface area contributed by atoms with Crippen LogP contribution in [0, 0.1) is 0 Å². The Balaban J connectivity index is 2.94. The van der Waals surface area contributed by atoms with Crippen molar-refractivity contribution in [2.24, 2.45) is 0 Å². The Morgan fingerprint density at radius 2 is 2.00 bits per heavy atom. The van der Waals surface area contributed by atoms with Gasteiger partial charge >= 0.3 is 0 Å². The average Bonchev–Trinajstić information content (AvgIpc) is 2.21. The molecule has 0 unspecified atom stereocenters. The Labute approximate surface area is 90.9 Å². The molecule has 1 N–H and O–H groups in total. The van der Waals surface area contributed by atoms with Crippen LogP contribution in [-0.4, -0.2) is 10.9 Å². The molecule has 0 aliphatic rings. The standard InChI is InChI=1S/C13H18O2/c1-3-5-10-7-8-13(15)11(9-10)12(14)6-4-2/h7-9,15H,3-6H2,1-2H3. The maximum absolute atomic E-state index is 11.7. The predicted octanol–water partition coefficient (Wildman–Crippen LogP) is 3.33. The zero-order valence-electron chi connectivity index (χ0n) is 9.42. The zero-order valence-corrected chi connectivity index (χ0v) is 9.42. The van der Waals surface area contributed by atoms with Gasteiger partial charge in [0.05, 0.1) is 5.56 Å². The summed E-state index contributed by atoms with van der Waals surface area (Å²) in [5.41, 5.74) is 1.59. The van der Waals surface area contributed by atoms with E-state index in [1.165, 1.54) is 0 Å². The summed E-state index contributed by atoms with van der Waals surface area (Å²) in [4.78, 5) is 11.7. The first-order valence-electron chi connectivity index (χ1n) is 5.54. The summed E-state index contributed by atoms with van der Waals surface area (Å²) in [6.07, 6.45) is 3.32. The number of rotatable bonds is 5. The molecule has 0 saturated carbocycles. The third-order valence-electron chi connectivity index (χ3n) is 2.38. The number of hydrogen-bond donors (Lipinski definition) is 1. The van der Waals surface area contributed by atoms with Crippen LogP contribution in [0.3, 0.4) is 0 Å². The molecule has 0 saturated heterocycles. The van der Waals surface area contributed by atoms with E-state index in [-0.39, 0.29) is 11.5 Å². The summed E-state index contributed by atoms with van der Waals surface area (Å²) in [7, 11) is 0. The molecule has 0 aromatic heterocycles. The summed E-state index contributed by atoms with van der Waals surface area (Å²) in [5.74, 6) is 0.140. The molecule has 0 aliphatic heterocycles. The highest BCUT2D eigenvalue weighted by molar-refractivity contribution is 5.98. The number of benzene rings is 1. The van der Waals surface area contributed by atoms with Crippen molar-refractivity contribution in [2.45, 2.75) is 39.5 Å². The Bertz CT molecular complexity index is 342. The number of Topliss-reactive ketones (excluding diaryl/α,β-unsaturated/α-hetero) is 1. The molecular weight excluding hydrogens is 188 g/mol. The second-order valence-corrected chi connectivity index (χ2v) is 3.77. The average molecular weight is 206 g/mol. The lowest BCUT2D eigenvalue weighted by atomic mass is 10.0. The minimum atomic E-state index is 0.0351. The van der Waals surface area contributed by atoms with Crippen LogP contribution in [-0.2, 0) is 6.42 Å². The number of phenolic OH excluding ortho intramolecular Hbond substituents is 1. The molecule has 1 aromatic rings. The first-order valence-corrected chi connectivity index (χ1v) is 5.54. The molecule has 2 heteroatoms. The summed E-state index contributed by atoms with van der Waals surface area (Å²) in [5, 5.41) is 9.58. The molecule has 0 spiro atoms. The van der Waals surface area contributed by atoms with E-state index >= 15 is 0 Å². The van der Waals surface area contributed by atoms with Crippen LogP contribution >= 0.6 is 0 Å². The second kappa shape index (κ2) is 5.54. The van der Waals surface area contributed by atoms with Crippen LogP contribution in [0.5, 0.6) is 5.75 Å². The number of aryl methyl sites for hydroxylation is 1. The predicted molar refractivity (Wildman–Crippen MR) is 61.3 cm³/mol. The van der Waals surface area contributed by atoms with Crippen LogP contribution in [0.15, 0.2) is 18.2 Å². The first-order chi connectivity index (χ1) is 7.19. The third kappa shape index (κ3) is 3.08. The van der Waals surface area contributed by atoms with Gasteiger partial charge in [-0.25, -0.2) is 0 Å². The molecule has 82 valence electrons. The number of ketones is 1. The SMILES string of the molecule is CCCC(=O)c1cc(CCC)ccc1O. The summed E-state index contributed by atoms with van der Waals surface area (Å²) in [6, 6.07) is 5.31. The van der Waals surface area contributed by atoms with Gasteiger partial charge in [-0.3, -0.25) is 4.79 Å². The van der Waals surface area contributed by atoms with Gasteiger partial charge in [-0.05, 0) is 30.5 Å². The van der Waals surface area contributed by atoms with E-state index in [0.29, 0.717) is 12.0 Å². The van der Waals surface area contributed by atoms with Crippen LogP contribution in [0.1, 0.15) is 49.0 Å². The molecule has 0 fully saturated rings. The Morgan fingerprint density at radius 3 is 2.60 bits per heavy atom. The van der Waals surface area contributed by atoms with E-state index in [1.54, 1.807) is 6.07 Å². The van der Waals surface area contributed by atoms with Gasteiger partial charge < -0.3 is 5.11 Å². The Hall–Kier alpha value is -1.31. The van der Waals surface area contributed by atoms with E-state index in [1.807, 2.05) is 19.1 Å². The van der Waals surface area contributed by atoms with Gasteiger partial charge in [0.1, 0.15) is 5.75 Å². The van der Waals surface area contributed by atoms with E-state index in [9.17, 15) is 9.90 Å². The van der Waals surface area contributed by atoms with Crippen molar-refractivity contribution in [3.63, 3.8) is 0 Å².